The van der Waals surface area contributed by atoms with Crippen LogP contribution in [0, 0.1) is 5.92 Å². The highest BCUT2D eigenvalue weighted by Gasteiger charge is 2.38. The van der Waals surface area contributed by atoms with Crippen molar-refractivity contribution in [3.8, 4) is 5.75 Å². The molecule has 4 atom stereocenters. The van der Waals surface area contributed by atoms with Crippen molar-refractivity contribution in [1.29, 1.82) is 0 Å². The molecule has 1 aliphatic carbocycles. The number of anilines is 1. The van der Waals surface area contributed by atoms with Gasteiger partial charge in [-0.15, -0.1) is 0 Å². The molecule has 2 aliphatic rings. The highest BCUT2D eigenvalue weighted by atomic mass is 32.2. The number of hydrogen-bond donors (Lipinski definition) is 2. The number of ether oxygens (including phenoxy) is 1. The molecule has 0 bridgehead atoms. The number of hydrogen-bond acceptors (Lipinski definition) is 4. The number of sulfonamides is 1. The Morgan fingerprint density at radius 3 is 2.83 bits per heavy atom. The maximum absolute atomic E-state index is 12.8. The third kappa shape index (κ3) is 3.79. The normalized spacial score (nSPS) is 23.8. The Morgan fingerprint density at radius 1 is 1.24 bits per heavy atom. The van der Waals surface area contributed by atoms with Gasteiger partial charge in [0.2, 0.25) is 10.0 Å². The van der Waals surface area contributed by atoms with E-state index in [0.29, 0.717) is 10.8 Å². The lowest BCUT2D eigenvalue weighted by molar-refractivity contribution is 0.406. The first kappa shape index (κ1) is 20.0. The van der Waals surface area contributed by atoms with E-state index in [1.54, 1.807) is 13.2 Å². The quantitative estimate of drug-likeness (QED) is 0.681. The summed E-state index contributed by atoms with van der Waals surface area (Å²) >= 11 is 0. The molecular formula is C23H28N2O3S. The number of allylic oxidation sites excluding steroid dienone is 2. The number of benzene rings is 2. The van der Waals surface area contributed by atoms with Gasteiger partial charge in [-0.05, 0) is 67.1 Å². The number of methoxy groups -OCH3 is 1. The third-order valence-corrected chi connectivity index (χ3v) is 7.65. The monoisotopic (exact) mass is 412 g/mol. The van der Waals surface area contributed by atoms with Crippen LogP contribution in [0.3, 0.4) is 0 Å². The largest absolute Gasteiger partial charge is 0.497 e. The van der Waals surface area contributed by atoms with E-state index in [2.05, 4.69) is 34.3 Å². The minimum atomic E-state index is -3.53. The minimum Gasteiger partial charge on any atom is -0.497 e. The van der Waals surface area contributed by atoms with E-state index in [-0.39, 0.29) is 18.0 Å². The summed E-state index contributed by atoms with van der Waals surface area (Å²) in [7, 11) is -1.85. The first-order valence-electron chi connectivity index (χ1n) is 10.2. The summed E-state index contributed by atoms with van der Waals surface area (Å²) < 4.78 is 33.7. The molecule has 0 radical (unpaired) electrons. The molecule has 0 aromatic heterocycles. The molecule has 1 aliphatic heterocycles. The molecule has 0 saturated carbocycles. The lowest BCUT2D eigenvalue weighted by atomic mass is 9.77. The molecule has 1 heterocycles. The minimum absolute atomic E-state index is 0.0919. The number of nitrogens with one attached hydrogen (secondary N) is 2. The summed E-state index contributed by atoms with van der Waals surface area (Å²) in [6, 6.07) is 13.6. The average Bonchev–Trinajstić information content (AvgIpc) is 3.22. The van der Waals surface area contributed by atoms with Gasteiger partial charge in [0.15, 0.2) is 0 Å². The van der Waals surface area contributed by atoms with Crippen LogP contribution in [-0.2, 0) is 10.0 Å². The highest BCUT2D eigenvalue weighted by Crippen LogP contribution is 2.50. The summed E-state index contributed by atoms with van der Waals surface area (Å²) in [5.74, 6) is 1.38. The number of fused-ring (bicyclic) bond motifs is 3. The molecule has 0 saturated heterocycles. The van der Waals surface area contributed by atoms with E-state index in [1.165, 1.54) is 5.56 Å². The fraction of sp³-hybridized carbons (Fsp3) is 0.391. The second-order valence-corrected chi connectivity index (χ2v) is 9.65. The Bertz CT molecular complexity index is 1030. The molecule has 0 spiro atoms. The standard InChI is InChI=1S/C23H28N2O3S/c1-4-15(2)25-29(26,27)18-11-12-22-21(14-18)19-9-6-10-20(19)23(24-22)16-7-5-8-17(13-16)28-3/h5-9,11-15,19-20,23-25H,4,10H2,1-3H3. The van der Waals surface area contributed by atoms with Gasteiger partial charge in [-0.2, -0.15) is 0 Å². The van der Waals surface area contributed by atoms with Crippen LogP contribution in [0.15, 0.2) is 59.5 Å². The van der Waals surface area contributed by atoms with Crippen molar-refractivity contribution in [2.24, 2.45) is 5.92 Å². The SMILES string of the molecule is CCC(C)NS(=O)(=O)c1ccc2c(c1)C1C=CCC1C(c1cccc(OC)c1)N2. The molecule has 2 aromatic carbocycles. The fourth-order valence-electron chi connectivity index (χ4n) is 4.32. The van der Waals surface area contributed by atoms with Gasteiger partial charge < -0.3 is 10.1 Å². The molecule has 29 heavy (non-hydrogen) atoms. The van der Waals surface area contributed by atoms with Crippen LogP contribution in [0.25, 0.3) is 0 Å². The van der Waals surface area contributed by atoms with Crippen molar-refractivity contribution >= 4 is 15.7 Å². The second kappa shape index (κ2) is 7.84. The molecule has 5 nitrogen and oxygen atoms in total. The average molecular weight is 413 g/mol. The maximum Gasteiger partial charge on any atom is 0.240 e. The molecule has 4 unspecified atom stereocenters. The van der Waals surface area contributed by atoms with E-state index >= 15 is 0 Å². The molecule has 0 fully saturated rings. The second-order valence-electron chi connectivity index (χ2n) is 7.93. The van der Waals surface area contributed by atoms with Crippen molar-refractivity contribution in [3.63, 3.8) is 0 Å². The van der Waals surface area contributed by atoms with E-state index in [4.69, 9.17) is 4.74 Å². The van der Waals surface area contributed by atoms with Crippen LogP contribution in [0.2, 0.25) is 0 Å². The molecular weight excluding hydrogens is 384 g/mol. The van der Waals surface area contributed by atoms with E-state index in [9.17, 15) is 8.42 Å². The van der Waals surface area contributed by atoms with Crippen LogP contribution in [-0.4, -0.2) is 21.6 Å². The van der Waals surface area contributed by atoms with Gasteiger partial charge >= 0.3 is 0 Å². The van der Waals surface area contributed by atoms with Crippen LogP contribution in [0.1, 0.15) is 49.8 Å². The van der Waals surface area contributed by atoms with Crippen molar-refractivity contribution in [3.05, 3.63) is 65.7 Å². The van der Waals surface area contributed by atoms with Crippen molar-refractivity contribution in [2.45, 2.75) is 49.6 Å². The Hall–Kier alpha value is -2.31. The molecule has 2 N–H and O–H groups in total. The molecule has 4 rings (SSSR count). The molecule has 2 aromatic rings. The Kier molecular flexibility index (Phi) is 5.40. The van der Waals surface area contributed by atoms with Crippen LogP contribution in [0.5, 0.6) is 5.75 Å². The first-order chi connectivity index (χ1) is 13.9. The lowest BCUT2D eigenvalue weighted by Gasteiger charge is -2.37. The third-order valence-electron chi connectivity index (χ3n) is 6.07. The van der Waals surface area contributed by atoms with E-state index in [0.717, 1.165) is 29.8 Å². The lowest BCUT2D eigenvalue weighted by Crippen LogP contribution is -2.33. The summed E-state index contributed by atoms with van der Waals surface area (Å²) in [6.07, 6.45) is 6.14. The summed E-state index contributed by atoms with van der Waals surface area (Å²) in [5.41, 5.74) is 3.23. The van der Waals surface area contributed by atoms with Gasteiger partial charge in [-0.3, -0.25) is 0 Å². The predicted octanol–water partition coefficient (Wildman–Crippen LogP) is 4.60. The summed E-state index contributed by atoms with van der Waals surface area (Å²) in [4.78, 5) is 0.331. The van der Waals surface area contributed by atoms with Crippen LogP contribution < -0.4 is 14.8 Å². The van der Waals surface area contributed by atoms with Crippen LogP contribution >= 0.6 is 0 Å². The van der Waals surface area contributed by atoms with E-state index in [1.807, 2.05) is 38.1 Å². The van der Waals surface area contributed by atoms with Gasteiger partial charge in [0, 0.05) is 17.6 Å². The van der Waals surface area contributed by atoms with Gasteiger partial charge in [0.05, 0.1) is 18.0 Å². The Balaban J connectivity index is 1.70. The topological polar surface area (TPSA) is 67.4 Å². The zero-order chi connectivity index (χ0) is 20.6. The van der Waals surface area contributed by atoms with Crippen LogP contribution in [0.4, 0.5) is 5.69 Å². The Morgan fingerprint density at radius 2 is 2.07 bits per heavy atom. The zero-order valence-corrected chi connectivity index (χ0v) is 17.9. The van der Waals surface area contributed by atoms with Crippen molar-refractivity contribution in [1.82, 2.24) is 4.72 Å². The van der Waals surface area contributed by atoms with Crippen molar-refractivity contribution < 1.29 is 13.2 Å². The van der Waals surface area contributed by atoms with Gasteiger partial charge in [-0.1, -0.05) is 31.2 Å². The molecule has 154 valence electrons. The fourth-order valence-corrected chi connectivity index (χ4v) is 5.68. The first-order valence-corrected chi connectivity index (χ1v) is 11.6. The Labute approximate surface area is 173 Å². The van der Waals surface area contributed by atoms with Gasteiger partial charge in [0.1, 0.15) is 5.75 Å². The van der Waals surface area contributed by atoms with Gasteiger partial charge in [0.25, 0.3) is 0 Å². The number of rotatable bonds is 6. The highest BCUT2D eigenvalue weighted by molar-refractivity contribution is 7.89. The molecule has 6 heteroatoms. The zero-order valence-electron chi connectivity index (χ0n) is 17.1. The predicted molar refractivity (Wildman–Crippen MR) is 116 cm³/mol. The summed E-state index contributed by atoms with van der Waals surface area (Å²) in [5, 5.41) is 3.66. The summed E-state index contributed by atoms with van der Waals surface area (Å²) in [6.45, 7) is 3.85. The van der Waals surface area contributed by atoms with Crippen molar-refractivity contribution in [2.75, 3.05) is 12.4 Å². The van der Waals surface area contributed by atoms with E-state index < -0.39 is 10.0 Å². The maximum atomic E-state index is 12.8. The smallest absolute Gasteiger partial charge is 0.240 e. The van der Waals surface area contributed by atoms with Gasteiger partial charge in [-0.25, -0.2) is 13.1 Å². The molecule has 0 amide bonds.